The van der Waals surface area contributed by atoms with E-state index in [1.54, 1.807) is 29.3 Å². The molecule has 20 heavy (non-hydrogen) atoms. The van der Waals surface area contributed by atoms with Gasteiger partial charge in [-0.2, -0.15) is 5.10 Å². The standard InChI is InChI=1S/C16H13FN3/c1-2-12-11-19-20(15-5-3-4-14(17)10-15)16(12)13-6-8-18-9-7-13/h3-11H,1-2H2. The Morgan fingerprint density at radius 1 is 1.15 bits per heavy atom. The van der Waals surface area contributed by atoms with E-state index in [4.69, 9.17) is 0 Å². The van der Waals surface area contributed by atoms with Crippen molar-refractivity contribution in [2.75, 3.05) is 0 Å². The van der Waals surface area contributed by atoms with Gasteiger partial charge in [-0.25, -0.2) is 9.07 Å². The minimum atomic E-state index is -0.283. The van der Waals surface area contributed by atoms with Crippen molar-refractivity contribution in [3.05, 3.63) is 73.3 Å². The van der Waals surface area contributed by atoms with Gasteiger partial charge in [0, 0.05) is 18.0 Å². The Hall–Kier alpha value is -2.49. The predicted molar refractivity (Wildman–Crippen MR) is 75.8 cm³/mol. The maximum atomic E-state index is 13.4. The molecule has 0 saturated heterocycles. The van der Waals surface area contributed by atoms with Crippen LogP contribution in [0.5, 0.6) is 0 Å². The summed E-state index contributed by atoms with van der Waals surface area (Å²) in [5.41, 5.74) is 3.62. The van der Waals surface area contributed by atoms with Crippen LogP contribution in [0.25, 0.3) is 16.9 Å². The lowest BCUT2D eigenvalue weighted by Crippen LogP contribution is -2.00. The van der Waals surface area contributed by atoms with E-state index < -0.39 is 0 Å². The average Bonchev–Trinajstić information content (AvgIpc) is 2.92. The Kier molecular flexibility index (Phi) is 3.29. The van der Waals surface area contributed by atoms with E-state index in [0.717, 1.165) is 16.8 Å². The van der Waals surface area contributed by atoms with E-state index in [0.29, 0.717) is 12.1 Å². The number of rotatable bonds is 3. The van der Waals surface area contributed by atoms with Gasteiger partial charge >= 0.3 is 0 Å². The molecule has 0 fully saturated rings. The van der Waals surface area contributed by atoms with Gasteiger partial charge in [0.15, 0.2) is 0 Å². The summed E-state index contributed by atoms with van der Waals surface area (Å²) in [5, 5.41) is 4.36. The van der Waals surface area contributed by atoms with Gasteiger partial charge in [0.25, 0.3) is 0 Å². The molecule has 3 aromatic rings. The number of nitrogens with zero attached hydrogens (tertiary/aromatic N) is 3. The highest BCUT2D eigenvalue weighted by Gasteiger charge is 2.13. The molecule has 0 unspecified atom stereocenters. The Bertz CT molecular complexity index is 720. The molecule has 0 aliphatic rings. The molecule has 0 amide bonds. The zero-order valence-corrected chi connectivity index (χ0v) is 10.8. The van der Waals surface area contributed by atoms with Gasteiger partial charge in [0.1, 0.15) is 5.82 Å². The van der Waals surface area contributed by atoms with Crippen LogP contribution in [0.3, 0.4) is 0 Å². The molecule has 0 atom stereocenters. The lowest BCUT2D eigenvalue weighted by atomic mass is 10.1. The molecule has 0 aliphatic carbocycles. The van der Waals surface area contributed by atoms with E-state index in [1.807, 2.05) is 18.2 Å². The Morgan fingerprint density at radius 2 is 1.95 bits per heavy atom. The van der Waals surface area contributed by atoms with E-state index in [-0.39, 0.29) is 5.82 Å². The number of pyridine rings is 1. The van der Waals surface area contributed by atoms with E-state index in [2.05, 4.69) is 17.0 Å². The maximum absolute atomic E-state index is 13.4. The molecule has 0 aliphatic heterocycles. The predicted octanol–water partition coefficient (Wildman–Crippen LogP) is 3.45. The molecule has 2 heterocycles. The third-order valence-corrected chi connectivity index (χ3v) is 3.12. The summed E-state index contributed by atoms with van der Waals surface area (Å²) < 4.78 is 15.1. The lowest BCUT2D eigenvalue weighted by molar-refractivity contribution is 0.625. The summed E-state index contributed by atoms with van der Waals surface area (Å²) in [6.45, 7) is 3.92. The number of hydrogen-bond donors (Lipinski definition) is 0. The highest BCUT2D eigenvalue weighted by atomic mass is 19.1. The zero-order chi connectivity index (χ0) is 13.9. The zero-order valence-electron chi connectivity index (χ0n) is 10.8. The second-order valence-corrected chi connectivity index (χ2v) is 4.40. The van der Waals surface area contributed by atoms with Crippen LogP contribution in [0, 0.1) is 12.7 Å². The van der Waals surface area contributed by atoms with Crippen molar-refractivity contribution < 1.29 is 4.39 Å². The van der Waals surface area contributed by atoms with Crippen LogP contribution < -0.4 is 0 Å². The fraction of sp³-hybridized carbons (Fsp3) is 0.0625. The van der Waals surface area contributed by atoms with Crippen molar-refractivity contribution in [3.63, 3.8) is 0 Å². The molecule has 3 nitrogen and oxygen atoms in total. The van der Waals surface area contributed by atoms with E-state index >= 15 is 0 Å². The molecule has 0 spiro atoms. The Labute approximate surface area is 116 Å². The summed E-state index contributed by atoms with van der Waals surface area (Å²) in [6, 6.07) is 10.2. The summed E-state index contributed by atoms with van der Waals surface area (Å²) in [6.07, 6.45) is 5.84. The molecule has 1 radical (unpaired) electrons. The lowest BCUT2D eigenvalue weighted by Gasteiger charge is -2.09. The monoisotopic (exact) mass is 266 g/mol. The van der Waals surface area contributed by atoms with E-state index in [1.165, 1.54) is 12.1 Å². The highest BCUT2D eigenvalue weighted by molar-refractivity contribution is 5.65. The fourth-order valence-corrected chi connectivity index (χ4v) is 2.19. The van der Waals surface area contributed by atoms with Crippen molar-refractivity contribution in [2.45, 2.75) is 6.42 Å². The van der Waals surface area contributed by atoms with Crippen LogP contribution in [0.1, 0.15) is 5.56 Å². The van der Waals surface area contributed by atoms with Crippen LogP contribution >= 0.6 is 0 Å². The third kappa shape index (κ3) is 2.20. The van der Waals surface area contributed by atoms with Crippen molar-refractivity contribution >= 4 is 0 Å². The van der Waals surface area contributed by atoms with E-state index in [9.17, 15) is 4.39 Å². The minimum absolute atomic E-state index is 0.283. The molecular weight excluding hydrogens is 253 g/mol. The Morgan fingerprint density at radius 3 is 2.65 bits per heavy atom. The molecule has 3 rings (SSSR count). The van der Waals surface area contributed by atoms with Gasteiger partial charge in [0.2, 0.25) is 0 Å². The minimum Gasteiger partial charge on any atom is -0.265 e. The van der Waals surface area contributed by atoms with Crippen LogP contribution in [0.15, 0.2) is 55.0 Å². The smallest absolute Gasteiger partial charge is 0.125 e. The largest absolute Gasteiger partial charge is 0.265 e. The van der Waals surface area contributed by atoms with Gasteiger partial charge in [-0.1, -0.05) is 6.07 Å². The first-order valence-corrected chi connectivity index (χ1v) is 6.32. The number of hydrogen-bond acceptors (Lipinski definition) is 2. The first-order chi connectivity index (χ1) is 9.79. The van der Waals surface area contributed by atoms with Gasteiger partial charge in [-0.05, 0) is 49.2 Å². The van der Waals surface area contributed by atoms with Crippen LogP contribution in [-0.2, 0) is 6.42 Å². The summed E-state index contributed by atoms with van der Waals surface area (Å²) in [7, 11) is 0. The third-order valence-electron chi connectivity index (χ3n) is 3.12. The summed E-state index contributed by atoms with van der Waals surface area (Å²) in [4.78, 5) is 4.02. The van der Waals surface area contributed by atoms with Gasteiger partial charge in [-0.15, -0.1) is 0 Å². The van der Waals surface area contributed by atoms with Gasteiger partial charge in [-0.3, -0.25) is 4.98 Å². The van der Waals surface area contributed by atoms with Crippen molar-refractivity contribution in [2.24, 2.45) is 0 Å². The van der Waals surface area contributed by atoms with Crippen molar-refractivity contribution in [3.8, 4) is 16.9 Å². The van der Waals surface area contributed by atoms with Gasteiger partial charge in [0.05, 0.1) is 17.6 Å². The highest BCUT2D eigenvalue weighted by Crippen LogP contribution is 2.26. The molecule has 2 aromatic heterocycles. The maximum Gasteiger partial charge on any atom is 0.125 e. The topological polar surface area (TPSA) is 30.7 Å². The van der Waals surface area contributed by atoms with Crippen molar-refractivity contribution in [1.82, 2.24) is 14.8 Å². The molecule has 99 valence electrons. The second-order valence-electron chi connectivity index (χ2n) is 4.40. The normalized spacial score (nSPS) is 10.7. The first kappa shape index (κ1) is 12.5. The molecule has 0 N–H and O–H groups in total. The second kappa shape index (κ2) is 5.25. The summed E-state index contributed by atoms with van der Waals surface area (Å²) >= 11 is 0. The summed E-state index contributed by atoms with van der Waals surface area (Å²) in [5.74, 6) is -0.283. The van der Waals surface area contributed by atoms with Crippen LogP contribution in [0.2, 0.25) is 0 Å². The van der Waals surface area contributed by atoms with Gasteiger partial charge < -0.3 is 0 Å². The number of aromatic nitrogens is 3. The SMILES string of the molecule is [CH2]Cc1cnn(-c2cccc(F)c2)c1-c1ccncc1. The number of halogens is 1. The molecular formula is C16H13FN3. The number of benzene rings is 1. The molecule has 0 bridgehead atoms. The van der Waals surface area contributed by atoms with Crippen LogP contribution in [0.4, 0.5) is 4.39 Å². The Balaban J connectivity index is 2.20. The average molecular weight is 266 g/mol. The molecule has 1 aromatic carbocycles. The molecule has 0 saturated carbocycles. The molecule has 4 heteroatoms. The fourth-order valence-electron chi connectivity index (χ4n) is 2.19. The van der Waals surface area contributed by atoms with Crippen molar-refractivity contribution in [1.29, 1.82) is 0 Å². The van der Waals surface area contributed by atoms with Crippen LogP contribution in [-0.4, -0.2) is 14.8 Å². The first-order valence-electron chi connectivity index (χ1n) is 6.32. The quantitative estimate of drug-likeness (QED) is 0.727.